The SMILES string of the molecule is CCc1ccc(OC)c(S(=O)(=O)NCc2cccs2)c1. The van der Waals surface area contributed by atoms with Gasteiger partial charge in [0.2, 0.25) is 10.0 Å². The van der Waals surface area contributed by atoms with E-state index in [4.69, 9.17) is 4.74 Å². The second-order valence-corrected chi connectivity index (χ2v) is 7.01. The first-order valence-corrected chi connectivity index (χ1v) is 8.62. The highest BCUT2D eigenvalue weighted by Crippen LogP contribution is 2.25. The third-order valence-corrected chi connectivity index (χ3v) is 5.24. The van der Waals surface area contributed by atoms with Crippen molar-refractivity contribution in [2.75, 3.05) is 7.11 Å². The molecule has 0 radical (unpaired) electrons. The van der Waals surface area contributed by atoms with E-state index in [-0.39, 0.29) is 4.90 Å². The molecule has 2 rings (SSSR count). The van der Waals surface area contributed by atoms with Crippen LogP contribution in [0.5, 0.6) is 5.75 Å². The molecular formula is C14H17NO3S2. The van der Waals surface area contributed by atoms with Crippen LogP contribution in [-0.4, -0.2) is 15.5 Å². The zero-order valence-corrected chi connectivity index (χ0v) is 13.1. The molecule has 4 nitrogen and oxygen atoms in total. The summed E-state index contributed by atoms with van der Waals surface area (Å²) in [7, 11) is -2.11. The van der Waals surface area contributed by atoms with Gasteiger partial charge in [-0.15, -0.1) is 11.3 Å². The first kappa shape index (κ1) is 15.0. The Hall–Kier alpha value is -1.37. The van der Waals surface area contributed by atoms with Crippen molar-refractivity contribution in [1.29, 1.82) is 0 Å². The highest BCUT2D eigenvalue weighted by atomic mass is 32.2. The summed E-state index contributed by atoms with van der Waals surface area (Å²) in [5.74, 6) is 0.362. The predicted molar refractivity (Wildman–Crippen MR) is 80.7 cm³/mol. The summed E-state index contributed by atoms with van der Waals surface area (Å²) in [4.78, 5) is 1.16. The second kappa shape index (κ2) is 6.39. The molecule has 2 aromatic rings. The van der Waals surface area contributed by atoms with Gasteiger partial charge in [-0.3, -0.25) is 0 Å². The molecule has 6 heteroatoms. The van der Waals surface area contributed by atoms with Crippen LogP contribution < -0.4 is 9.46 Å². The Balaban J connectivity index is 2.28. The lowest BCUT2D eigenvalue weighted by molar-refractivity contribution is 0.402. The van der Waals surface area contributed by atoms with Crippen LogP contribution in [0.1, 0.15) is 17.4 Å². The molecule has 0 spiro atoms. The van der Waals surface area contributed by atoms with Crippen molar-refractivity contribution in [3.05, 3.63) is 46.2 Å². The summed E-state index contributed by atoms with van der Waals surface area (Å²) in [6.45, 7) is 2.27. The monoisotopic (exact) mass is 311 g/mol. The highest BCUT2D eigenvalue weighted by molar-refractivity contribution is 7.89. The van der Waals surface area contributed by atoms with E-state index in [0.29, 0.717) is 12.3 Å². The van der Waals surface area contributed by atoms with Gasteiger partial charge in [0.25, 0.3) is 0 Å². The number of hydrogen-bond acceptors (Lipinski definition) is 4. The summed E-state index contributed by atoms with van der Waals surface area (Å²) < 4.78 is 32.5. The molecule has 108 valence electrons. The Morgan fingerprint density at radius 1 is 1.30 bits per heavy atom. The maximum absolute atomic E-state index is 12.4. The molecule has 0 saturated heterocycles. The van der Waals surface area contributed by atoms with Crippen LogP contribution in [0.15, 0.2) is 40.6 Å². The Bertz CT molecular complexity index is 664. The number of nitrogens with one attached hydrogen (secondary N) is 1. The smallest absolute Gasteiger partial charge is 0.244 e. The Morgan fingerprint density at radius 3 is 2.70 bits per heavy atom. The number of benzene rings is 1. The van der Waals surface area contributed by atoms with Crippen LogP contribution >= 0.6 is 11.3 Å². The van der Waals surface area contributed by atoms with Crippen LogP contribution in [0, 0.1) is 0 Å². The third-order valence-electron chi connectivity index (χ3n) is 2.94. The van der Waals surface area contributed by atoms with Crippen molar-refractivity contribution >= 4 is 21.4 Å². The van der Waals surface area contributed by atoms with Crippen molar-refractivity contribution < 1.29 is 13.2 Å². The van der Waals surface area contributed by atoms with Crippen LogP contribution in [0.3, 0.4) is 0 Å². The highest BCUT2D eigenvalue weighted by Gasteiger charge is 2.19. The molecule has 0 bridgehead atoms. The standard InChI is InChI=1S/C14H17NO3S2/c1-3-11-6-7-13(18-2)14(9-11)20(16,17)15-10-12-5-4-8-19-12/h4-9,15H,3,10H2,1-2H3. The molecule has 0 fully saturated rings. The summed E-state index contributed by atoms with van der Waals surface area (Å²) in [5, 5.41) is 1.92. The minimum atomic E-state index is -3.58. The molecule has 0 saturated carbocycles. The molecule has 0 unspecified atom stereocenters. The van der Waals surface area contributed by atoms with Crippen LogP contribution in [0.25, 0.3) is 0 Å². The van der Waals surface area contributed by atoms with Crippen molar-refractivity contribution in [3.63, 3.8) is 0 Å². The van der Waals surface area contributed by atoms with Crippen LogP contribution in [-0.2, 0) is 23.0 Å². The van der Waals surface area contributed by atoms with Gasteiger partial charge in [-0.25, -0.2) is 13.1 Å². The molecule has 0 amide bonds. The number of ether oxygens (including phenoxy) is 1. The average Bonchev–Trinajstić information content (AvgIpc) is 2.98. The molecule has 0 aliphatic heterocycles. The zero-order valence-electron chi connectivity index (χ0n) is 11.4. The number of sulfonamides is 1. The zero-order chi connectivity index (χ0) is 14.6. The van der Waals surface area contributed by atoms with Crippen LogP contribution in [0.4, 0.5) is 0 Å². The fraction of sp³-hybridized carbons (Fsp3) is 0.286. The van der Waals surface area contributed by atoms with Crippen molar-refractivity contribution in [1.82, 2.24) is 4.72 Å². The van der Waals surface area contributed by atoms with Gasteiger partial charge in [0, 0.05) is 11.4 Å². The number of thiophene rings is 1. The Kier molecular flexibility index (Phi) is 4.80. The first-order valence-electron chi connectivity index (χ1n) is 6.25. The van der Waals surface area contributed by atoms with Crippen molar-refractivity contribution in [2.45, 2.75) is 24.8 Å². The van der Waals surface area contributed by atoms with E-state index in [1.54, 1.807) is 12.1 Å². The second-order valence-electron chi connectivity index (χ2n) is 4.24. The number of rotatable bonds is 6. The number of methoxy groups -OCH3 is 1. The quantitative estimate of drug-likeness (QED) is 0.892. The van der Waals surface area contributed by atoms with E-state index < -0.39 is 10.0 Å². The summed E-state index contributed by atoms with van der Waals surface area (Å²) in [6.07, 6.45) is 0.775. The third kappa shape index (κ3) is 3.39. The van der Waals surface area contributed by atoms with Crippen molar-refractivity contribution in [3.8, 4) is 5.75 Å². The largest absolute Gasteiger partial charge is 0.495 e. The molecular weight excluding hydrogens is 294 g/mol. The molecule has 1 aromatic heterocycles. The van der Waals surface area contributed by atoms with E-state index in [9.17, 15) is 8.42 Å². The summed E-state index contributed by atoms with van der Waals surface area (Å²) in [6, 6.07) is 9.02. The van der Waals surface area contributed by atoms with Gasteiger partial charge in [-0.1, -0.05) is 19.1 Å². The normalized spacial score (nSPS) is 11.5. The fourth-order valence-electron chi connectivity index (χ4n) is 1.81. The average molecular weight is 311 g/mol. The molecule has 1 aromatic carbocycles. The first-order chi connectivity index (χ1) is 9.56. The van der Waals surface area contributed by atoms with Gasteiger partial charge in [0.1, 0.15) is 10.6 Å². The lowest BCUT2D eigenvalue weighted by atomic mass is 10.2. The van der Waals surface area contributed by atoms with Crippen LogP contribution in [0.2, 0.25) is 0 Å². The number of aryl methyl sites for hydroxylation is 1. The van der Waals surface area contributed by atoms with Gasteiger partial charge >= 0.3 is 0 Å². The van der Waals surface area contributed by atoms with Gasteiger partial charge in [-0.05, 0) is 35.6 Å². The van der Waals surface area contributed by atoms with Crippen molar-refractivity contribution in [2.24, 2.45) is 0 Å². The lowest BCUT2D eigenvalue weighted by Crippen LogP contribution is -2.23. The number of hydrogen-bond donors (Lipinski definition) is 1. The Morgan fingerprint density at radius 2 is 2.10 bits per heavy atom. The summed E-state index contributed by atoms with van der Waals surface area (Å²) >= 11 is 1.52. The molecule has 1 heterocycles. The minimum absolute atomic E-state index is 0.191. The van der Waals surface area contributed by atoms with E-state index in [1.165, 1.54) is 18.4 Å². The molecule has 0 aliphatic carbocycles. The van der Waals surface area contributed by atoms with Gasteiger partial charge in [-0.2, -0.15) is 0 Å². The lowest BCUT2D eigenvalue weighted by Gasteiger charge is -2.11. The van der Waals surface area contributed by atoms with E-state index in [1.807, 2.05) is 30.5 Å². The summed E-state index contributed by atoms with van der Waals surface area (Å²) in [5.41, 5.74) is 0.960. The fourth-order valence-corrected chi connectivity index (χ4v) is 3.77. The molecule has 1 N–H and O–H groups in total. The Labute approximate surface area is 123 Å². The minimum Gasteiger partial charge on any atom is -0.495 e. The van der Waals surface area contributed by atoms with Gasteiger partial charge < -0.3 is 4.74 Å². The van der Waals surface area contributed by atoms with Gasteiger partial charge in [0.05, 0.1) is 7.11 Å². The topological polar surface area (TPSA) is 55.4 Å². The molecule has 0 aliphatic rings. The molecule has 20 heavy (non-hydrogen) atoms. The van der Waals surface area contributed by atoms with Gasteiger partial charge in [0.15, 0.2) is 0 Å². The maximum Gasteiger partial charge on any atom is 0.244 e. The maximum atomic E-state index is 12.4. The van der Waals surface area contributed by atoms with E-state index >= 15 is 0 Å². The molecule has 0 atom stereocenters. The van der Waals surface area contributed by atoms with E-state index in [0.717, 1.165) is 16.9 Å². The predicted octanol–water partition coefficient (Wildman–Crippen LogP) is 2.80. The van der Waals surface area contributed by atoms with E-state index in [2.05, 4.69) is 4.72 Å².